The number of nitro groups is 1. The molecule has 0 saturated carbocycles. The molecule has 5 nitrogen and oxygen atoms in total. The fourth-order valence-corrected chi connectivity index (χ4v) is 0.884. The zero-order chi connectivity index (χ0) is 10.6. The smallest absolute Gasteiger partial charge is 0.335 e. The van der Waals surface area contributed by atoms with Gasteiger partial charge in [0.15, 0.2) is 0 Å². The van der Waals surface area contributed by atoms with Crippen LogP contribution in [-0.2, 0) is 0 Å². The minimum Gasteiger partial charge on any atom is -0.478 e. The van der Waals surface area contributed by atoms with Crippen LogP contribution in [0.5, 0.6) is 0 Å². The van der Waals surface area contributed by atoms with Crippen molar-refractivity contribution in [3.8, 4) is 0 Å². The first-order valence-electron chi connectivity index (χ1n) is 3.74. The third-order valence-corrected chi connectivity index (χ3v) is 1.55. The molecular weight excluding hydrogens is 186 g/mol. The maximum Gasteiger partial charge on any atom is 0.335 e. The van der Waals surface area contributed by atoms with Crippen LogP contribution in [0.3, 0.4) is 0 Å². The van der Waals surface area contributed by atoms with E-state index >= 15 is 0 Å². The topological polar surface area (TPSA) is 80.4 Å². The van der Waals surface area contributed by atoms with Gasteiger partial charge in [-0.3, -0.25) is 10.1 Å². The fraction of sp³-hybridized carbons (Fsp3) is 0. The molecule has 0 spiro atoms. The summed E-state index contributed by atoms with van der Waals surface area (Å²) in [6.45, 7) is 0. The first-order chi connectivity index (χ1) is 6.59. The number of hydrogen-bond acceptors (Lipinski definition) is 3. The normalized spacial score (nSPS) is 10.3. The summed E-state index contributed by atoms with van der Waals surface area (Å²) in [6, 6.07) is 5.79. The minimum atomic E-state index is -1.02. The Bertz CT molecular complexity index is 380. The highest BCUT2D eigenvalue weighted by molar-refractivity contribution is 5.87. The SMILES string of the molecule is O=C(O)c1ccc(/C=C\[N+](=O)[O-])cc1. The summed E-state index contributed by atoms with van der Waals surface area (Å²) < 4.78 is 0. The number of carbonyl (C=O) groups is 1. The van der Waals surface area contributed by atoms with Gasteiger partial charge in [0.25, 0.3) is 0 Å². The second-order valence-electron chi connectivity index (χ2n) is 2.53. The molecule has 0 fully saturated rings. The van der Waals surface area contributed by atoms with E-state index in [1.807, 2.05) is 0 Å². The van der Waals surface area contributed by atoms with Gasteiger partial charge >= 0.3 is 5.97 Å². The van der Waals surface area contributed by atoms with Crippen molar-refractivity contribution in [2.75, 3.05) is 0 Å². The van der Waals surface area contributed by atoms with Crippen LogP contribution in [0.25, 0.3) is 6.08 Å². The van der Waals surface area contributed by atoms with Crippen molar-refractivity contribution >= 4 is 12.0 Å². The number of rotatable bonds is 3. The number of benzene rings is 1. The number of aromatic carboxylic acids is 1. The van der Waals surface area contributed by atoms with Crippen molar-refractivity contribution in [2.45, 2.75) is 0 Å². The lowest BCUT2D eigenvalue weighted by molar-refractivity contribution is -0.400. The molecule has 0 aliphatic carbocycles. The Hall–Kier alpha value is -2.17. The molecule has 14 heavy (non-hydrogen) atoms. The number of nitrogens with zero attached hydrogens (tertiary/aromatic N) is 1. The highest BCUT2D eigenvalue weighted by Gasteiger charge is 2.00. The van der Waals surface area contributed by atoms with Crippen molar-refractivity contribution in [3.63, 3.8) is 0 Å². The van der Waals surface area contributed by atoms with Gasteiger partial charge in [-0.2, -0.15) is 0 Å². The fourth-order valence-electron chi connectivity index (χ4n) is 0.884. The van der Waals surface area contributed by atoms with Crippen molar-refractivity contribution < 1.29 is 14.8 Å². The highest BCUT2D eigenvalue weighted by atomic mass is 16.6. The van der Waals surface area contributed by atoms with Gasteiger partial charge in [0.05, 0.1) is 10.5 Å². The Kier molecular flexibility index (Phi) is 2.96. The van der Waals surface area contributed by atoms with Crippen LogP contribution in [-0.4, -0.2) is 16.0 Å². The molecular formula is C9H7NO4. The number of hydrogen-bond donors (Lipinski definition) is 1. The lowest BCUT2D eigenvalue weighted by atomic mass is 10.1. The first-order valence-corrected chi connectivity index (χ1v) is 3.74. The van der Waals surface area contributed by atoms with Crippen LogP contribution in [0.2, 0.25) is 0 Å². The van der Waals surface area contributed by atoms with E-state index in [-0.39, 0.29) is 5.56 Å². The lowest BCUT2D eigenvalue weighted by Crippen LogP contribution is -1.94. The van der Waals surface area contributed by atoms with Gasteiger partial charge in [0.2, 0.25) is 6.20 Å². The average molecular weight is 193 g/mol. The summed E-state index contributed by atoms with van der Waals surface area (Å²) in [5.41, 5.74) is 0.745. The van der Waals surface area contributed by atoms with E-state index in [2.05, 4.69) is 0 Å². The minimum absolute atomic E-state index is 0.156. The van der Waals surface area contributed by atoms with Gasteiger partial charge in [0, 0.05) is 6.08 Å². The molecule has 0 bridgehead atoms. The molecule has 0 unspecified atom stereocenters. The molecule has 0 radical (unpaired) electrons. The maximum absolute atomic E-state index is 10.5. The molecule has 0 atom stereocenters. The van der Waals surface area contributed by atoms with E-state index in [9.17, 15) is 14.9 Å². The summed E-state index contributed by atoms with van der Waals surface area (Å²) in [5, 5.41) is 18.5. The Morgan fingerprint density at radius 2 is 1.93 bits per heavy atom. The second kappa shape index (κ2) is 4.18. The predicted octanol–water partition coefficient (Wildman–Crippen LogP) is 1.63. The van der Waals surface area contributed by atoms with Crippen LogP contribution in [0.4, 0.5) is 0 Å². The third-order valence-electron chi connectivity index (χ3n) is 1.55. The molecule has 72 valence electrons. The predicted molar refractivity (Wildman–Crippen MR) is 49.4 cm³/mol. The average Bonchev–Trinajstić information content (AvgIpc) is 2.15. The van der Waals surface area contributed by atoms with Crippen LogP contribution in [0.15, 0.2) is 30.5 Å². The molecule has 1 N–H and O–H groups in total. The summed E-state index contributed by atoms with van der Waals surface area (Å²) in [4.78, 5) is 19.8. The molecule has 1 aromatic carbocycles. The van der Waals surface area contributed by atoms with Gasteiger partial charge in [0.1, 0.15) is 0 Å². The first kappa shape index (κ1) is 9.91. The number of carboxylic acid groups (broad SMARTS) is 1. The van der Waals surface area contributed by atoms with Crippen molar-refractivity contribution in [1.82, 2.24) is 0 Å². The standard InChI is InChI=1S/C9H7NO4/c11-9(12)8-3-1-7(2-4-8)5-6-10(13)14/h1-6H,(H,11,12)/b6-5-. The maximum atomic E-state index is 10.5. The van der Waals surface area contributed by atoms with Crippen LogP contribution >= 0.6 is 0 Å². The molecule has 0 aliphatic heterocycles. The molecule has 0 saturated heterocycles. The molecule has 0 aromatic heterocycles. The Morgan fingerprint density at radius 1 is 1.36 bits per heavy atom. The number of carboxylic acids is 1. The van der Waals surface area contributed by atoms with Gasteiger partial charge in [-0.05, 0) is 17.7 Å². The molecule has 1 rings (SSSR count). The quantitative estimate of drug-likeness (QED) is 0.584. The Balaban J connectivity index is 2.83. The van der Waals surface area contributed by atoms with Crippen molar-refractivity contribution in [3.05, 3.63) is 51.7 Å². The molecule has 1 aromatic rings. The Morgan fingerprint density at radius 3 is 2.36 bits per heavy atom. The van der Waals surface area contributed by atoms with Gasteiger partial charge in [-0.15, -0.1) is 0 Å². The zero-order valence-electron chi connectivity index (χ0n) is 7.08. The largest absolute Gasteiger partial charge is 0.478 e. The molecule has 0 heterocycles. The van der Waals surface area contributed by atoms with Crippen molar-refractivity contribution in [2.24, 2.45) is 0 Å². The molecule has 5 heteroatoms. The summed E-state index contributed by atoms with van der Waals surface area (Å²) in [7, 11) is 0. The lowest BCUT2D eigenvalue weighted by Gasteiger charge is -1.94. The highest BCUT2D eigenvalue weighted by Crippen LogP contribution is 2.05. The summed E-state index contributed by atoms with van der Waals surface area (Å²) in [6.07, 6.45) is 2.10. The van der Waals surface area contributed by atoms with E-state index in [0.717, 1.165) is 6.20 Å². The van der Waals surface area contributed by atoms with Gasteiger partial charge in [-0.25, -0.2) is 4.79 Å². The van der Waals surface area contributed by atoms with E-state index in [1.165, 1.54) is 30.3 Å². The van der Waals surface area contributed by atoms with E-state index in [1.54, 1.807) is 0 Å². The second-order valence-corrected chi connectivity index (χ2v) is 2.53. The van der Waals surface area contributed by atoms with Crippen LogP contribution in [0, 0.1) is 10.1 Å². The van der Waals surface area contributed by atoms with Crippen LogP contribution < -0.4 is 0 Å². The van der Waals surface area contributed by atoms with E-state index in [4.69, 9.17) is 5.11 Å². The molecule has 0 aliphatic rings. The van der Waals surface area contributed by atoms with Crippen LogP contribution in [0.1, 0.15) is 15.9 Å². The zero-order valence-corrected chi connectivity index (χ0v) is 7.08. The van der Waals surface area contributed by atoms with Crippen molar-refractivity contribution in [1.29, 1.82) is 0 Å². The molecule has 0 amide bonds. The van der Waals surface area contributed by atoms with E-state index in [0.29, 0.717) is 5.56 Å². The van der Waals surface area contributed by atoms with E-state index < -0.39 is 10.9 Å². The Labute approximate surface area is 79.4 Å². The van der Waals surface area contributed by atoms with Gasteiger partial charge in [-0.1, -0.05) is 12.1 Å². The summed E-state index contributed by atoms with van der Waals surface area (Å²) in [5.74, 6) is -1.02. The van der Waals surface area contributed by atoms with Gasteiger partial charge < -0.3 is 5.11 Å². The summed E-state index contributed by atoms with van der Waals surface area (Å²) >= 11 is 0. The third kappa shape index (κ3) is 2.71. The monoisotopic (exact) mass is 193 g/mol.